The number of methoxy groups -OCH3 is 1. The van der Waals surface area contributed by atoms with Crippen molar-refractivity contribution in [1.29, 1.82) is 0 Å². The molecule has 2 N–H and O–H groups in total. The summed E-state index contributed by atoms with van der Waals surface area (Å²) >= 11 is 0. The van der Waals surface area contributed by atoms with E-state index in [1.165, 1.54) is 0 Å². The lowest BCUT2D eigenvalue weighted by molar-refractivity contribution is 0.0723. The van der Waals surface area contributed by atoms with Gasteiger partial charge in [0.25, 0.3) is 11.8 Å². The van der Waals surface area contributed by atoms with Crippen LogP contribution < -0.4 is 5.32 Å². The minimum absolute atomic E-state index is 0.0160. The number of benzene rings is 1. The van der Waals surface area contributed by atoms with Gasteiger partial charge in [-0.1, -0.05) is 23.4 Å². The Morgan fingerprint density at radius 3 is 3.07 bits per heavy atom. The average Bonchev–Trinajstić information content (AvgIpc) is 3.47. The fraction of sp³-hybridized carbons (Fsp3) is 0.400. The molecule has 1 aliphatic heterocycles. The van der Waals surface area contributed by atoms with Crippen LogP contribution in [0.4, 0.5) is 0 Å². The first kappa shape index (κ1) is 19.1. The molecule has 152 valence electrons. The molecule has 1 aromatic carbocycles. The molecule has 0 radical (unpaired) electrons. The van der Waals surface area contributed by atoms with Crippen molar-refractivity contribution < 1.29 is 14.3 Å². The van der Waals surface area contributed by atoms with Crippen molar-refractivity contribution in [2.24, 2.45) is 0 Å². The first-order valence-electron chi connectivity index (χ1n) is 9.71. The summed E-state index contributed by atoms with van der Waals surface area (Å²) < 4.78 is 6.55. The summed E-state index contributed by atoms with van der Waals surface area (Å²) in [6, 6.07) is 7.81. The van der Waals surface area contributed by atoms with Gasteiger partial charge in [-0.05, 0) is 18.9 Å². The minimum Gasteiger partial charge on any atom is -0.383 e. The van der Waals surface area contributed by atoms with E-state index in [4.69, 9.17) is 4.74 Å². The lowest BCUT2D eigenvalue weighted by Crippen LogP contribution is -2.38. The van der Waals surface area contributed by atoms with E-state index in [0.717, 1.165) is 23.7 Å². The summed E-state index contributed by atoms with van der Waals surface area (Å²) in [5, 5.41) is 11.7. The van der Waals surface area contributed by atoms with Crippen LogP contribution in [0.15, 0.2) is 36.7 Å². The molecule has 2 amide bonds. The molecule has 4 rings (SSSR count). The molecular formula is C20H24N6O3. The van der Waals surface area contributed by atoms with Gasteiger partial charge in [0.1, 0.15) is 0 Å². The predicted octanol–water partition coefficient (Wildman–Crippen LogP) is 1.44. The van der Waals surface area contributed by atoms with Crippen LogP contribution in [0.5, 0.6) is 0 Å². The number of para-hydroxylation sites is 1. The Kier molecular flexibility index (Phi) is 5.57. The SMILES string of the molecule is COCCNC(=O)c1cn(C[C@@H]2CCCN2C(=O)c2c[nH]c3ccccc23)nn1. The van der Waals surface area contributed by atoms with Crippen LogP contribution >= 0.6 is 0 Å². The van der Waals surface area contributed by atoms with E-state index in [-0.39, 0.29) is 23.6 Å². The number of carbonyl (C=O) groups is 2. The number of likely N-dealkylation sites (tertiary alicyclic amines) is 1. The Morgan fingerprint density at radius 2 is 2.21 bits per heavy atom. The van der Waals surface area contributed by atoms with Crippen molar-refractivity contribution in [3.8, 4) is 0 Å². The molecule has 0 spiro atoms. The maximum Gasteiger partial charge on any atom is 0.273 e. The summed E-state index contributed by atoms with van der Waals surface area (Å²) in [7, 11) is 1.58. The lowest BCUT2D eigenvalue weighted by Gasteiger charge is -2.24. The van der Waals surface area contributed by atoms with Gasteiger partial charge in [-0.15, -0.1) is 5.10 Å². The van der Waals surface area contributed by atoms with E-state index in [9.17, 15) is 9.59 Å². The summed E-state index contributed by atoms with van der Waals surface area (Å²) in [6.45, 7) is 2.07. The van der Waals surface area contributed by atoms with Gasteiger partial charge in [0.2, 0.25) is 0 Å². The van der Waals surface area contributed by atoms with Crippen LogP contribution in [0.2, 0.25) is 0 Å². The Hall–Kier alpha value is -3.20. The van der Waals surface area contributed by atoms with E-state index < -0.39 is 0 Å². The summed E-state index contributed by atoms with van der Waals surface area (Å²) in [5.41, 5.74) is 1.89. The maximum atomic E-state index is 13.2. The summed E-state index contributed by atoms with van der Waals surface area (Å²) in [6.07, 6.45) is 5.23. The zero-order chi connectivity index (χ0) is 20.2. The fourth-order valence-corrected chi connectivity index (χ4v) is 3.76. The van der Waals surface area contributed by atoms with Gasteiger partial charge < -0.3 is 19.9 Å². The number of hydrogen-bond acceptors (Lipinski definition) is 5. The number of nitrogens with zero attached hydrogens (tertiary/aromatic N) is 4. The number of hydrogen-bond donors (Lipinski definition) is 2. The second-order valence-corrected chi connectivity index (χ2v) is 7.12. The quantitative estimate of drug-likeness (QED) is 0.588. The molecule has 3 heterocycles. The molecular weight excluding hydrogens is 372 g/mol. The van der Waals surface area contributed by atoms with Gasteiger partial charge >= 0.3 is 0 Å². The molecule has 1 atom stereocenters. The molecule has 3 aromatic rings. The Labute approximate surface area is 168 Å². The largest absolute Gasteiger partial charge is 0.383 e. The highest BCUT2D eigenvalue weighted by Gasteiger charge is 2.31. The van der Waals surface area contributed by atoms with E-state index in [0.29, 0.717) is 31.8 Å². The van der Waals surface area contributed by atoms with Crippen molar-refractivity contribution in [2.75, 3.05) is 26.8 Å². The minimum atomic E-state index is -0.286. The van der Waals surface area contributed by atoms with Gasteiger partial charge in [0, 0.05) is 37.3 Å². The molecule has 0 aliphatic carbocycles. The van der Waals surface area contributed by atoms with Gasteiger partial charge in [0.05, 0.1) is 31.0 Å². The summed E-state index contributed by atoms with van der Waals surface area (Å²) in [5.74, 6) is -0.269. The molecule has 0 unspecified atom stereocenters. The topological polar surface area (TPSA) is 105 Å². The van der Waals surface area contributed by atoms with Crippen LogP contribution in [0.3, 0.4) is 0 Å². The molecule has 9 heteroatoms. The third-order valence-corrected chi connectivity index (χ3v) is 5.22. The molecule has 0 saturated carbocycles. The van der Waals surface area contributed by atoms with Gasteiger partial charge in [-0.25, -0.2) is 4.68 Å². The number of carbonyl (C=O) groups excluding carboxylic acids is 2. The first-order chi connectivity index (χ1) is 14.2. The van der Waals surface area contributed by atoms with E-state index >= 15 is 0 Å². The standard InChI is InChI=1S/C20H24N6O3/c1-29-10-8-21-19(27)18-13-25(24-23-18)12-14-5-4-9-26(14)20(28)16-11-22-17-7-3-2-6-15(16)17/h2-3,6-7,11,13-14,22H,4-5,8-10,12H2,1H3,(H,21,27)/t14-/m0/s1. The molecule has 1 saturated heterocycles. The molecule has 9 nitrogen and oxygen atoms in total. The molecule has 1 aliphatic rings. The fourth-order valence-electron chi connectivity index (χ4n) is 3.76. The van der Waals surface area contributed by atoms with Crippen LogP contribution in [0.1, 0.15) is 33.7 Å². The smallest absolute Gasteiger partial charge is 0.273 e. The number of fused-ring (bicyclic) bond motifs is 1. The highest BCUT2D eigenvalue weighted by molar-refractivity contribution is 6.06. The monoisotopic (exact) mass is 396 g/mol. The van der Waals surface area contributed by atoms with E-state index in [1.807, 2.05) is 29.2 Å². The second-order valence-electron chi connectivity index (χ2n) is 7.12. The number of H-pyrrole nitrogens is 1. The average molecular weight is 396 g/mol. The predicted molar refractivity (Wildman–Crippen MR) is 107 cm³/mol. The molecule has 1 fully saturated rings. The highest BCUT2D eigenvalue weighted by atomic mass is 16.5. The van der Waals surface area contributed by atoms with Crippen molar-refractivity contribution in [2.45, 2.75) is 25.4 Å². The van der Waals surface area contributed by atoms with Gasteiger partial charge in [-0.2, -0.15) is 0 Å². The zero-order valence-electron chi connectivity index (χ0n) is 16.3. The van der Waals surface area contributed by atoms with Crippen molar-refractivity contribution in [3.05, 3.63) is 47.9 Å². The van der Waals surface area contributed by atoms with Crippen LogP contribution in [-0.2, 0) is 11.3 Å². The Morgan fingerprint density at radius 1 is 1.34 bits per heavy atom. The van der Waals surface area contributed by atoms with Crippen LogP contribution in [0.25, 0.3) is 10.9 Å². The van der Waals surface area contributed by atoms with Crippen molar-refractivity contribution >= 4 is 22.7 Å². The van der Waals surface area contributed by atoms with E-state index in [1.54, 1.807) is 24.2 Å². The summed E-state index contributed by atoms with van der Waals surface area (Å²) in [4.78, 5) is 30.3. The molecule has 29 heavy (non-hydrogen) atoms. The number of ether oxygens (including phenoxy) is 1. The van der Waals surface area contributed by atoms with Crippen LogP contribution in [0, 0.1) is 0 Å². The molecule has 0 bridgehead atoms. The number of rotatable bonds is 7. The van der Waals surface area contributed by atoms with Crippen LogP contribution in [-0.4, -0.2) is 69.5 Å². The third-order valence-electron chi connectivity index (χ3n) is 5.22. The number of amides is 2. The number of aromatic amines is 1. The number of nitrogens with one attached hydrogen (secondary N) is 2. The maximum absolute atomic E-state index is 13.2. The number of aromatic nitrogens is 4. The Balaban J connectivity index is 1.44. The molecule has 2 aromatic heterocycles. The highest BCUT2D eigenvalue weighted by Crippen LogP contribution is 2.25. The van der Waals surface area contributed by atoms with Gasteiger partial charge in [0.15, 0.2) is 5.69 Å². The van der Waals surface area contributed by atoms with Crippen molar-refractivity contribution in [3.63, 3.8) is 0 Å². The normalized spacial score (nSPS) is 16.4. The van der Waals surface area contributed by atoms with Crippen molar-refractivity contribution in [1.82, 2.24) is 30.2 Å². The lowest BCUT2D eigenvalue weighted by atomic mass is 10.1. The zero-order valence-corrected chi connectivity index (χ0v) is 16.3. The third kappa shape index (κ3) is 4.00. The van der Waals surface area contributed by atoms with Gasteiger partial charge in [-0.3, -0.25) is 9.59 Å². The second kappa shape index (κ2) is 8.44. The Bertz CT molecular complexity index is 1010. The van der Waals surface area contributed by atoms with E-state index in [2.05, 4.69) is 20.6 Å². The first-order valence-corrected chi connectivity index (χ1v) is 9.71.